The van der Waals surface area contributed by atoms with Gasteiger partial charge in [0.25, 0.3) is 5.56 Å². The van der Waals surface area contributed by atoms with E-state index >= 15 is 0 Å². The Labute approximate surface area is 155 Å². The zero-order valence-corrected chi connectivity index (χ0v) is 15.2. The third kappa shape index (κ3) is 2.94. The number of nitrogens with zero attached hydrogens (tertiary/aromatic N) is 4. The second-order valence-corrected chi connectivity index (χ2v) is 7.66. The van der Waals surface area contributed by atoms with Gasteiger partial charge in [0.15, 0.2) is 5.65 Å². The number of rotatable bonds is 6. The molecule has 0 radical (unpaired) electrons. The van der Waals surface area contributed by atoms with Crippen molar-refractivity contribution >= 4 is 17.0 Å². The van der Waals surface area contributed by atoms with E-state index in [4.69, 9.17) is 0 Å². The van der Waals surface area contributed by atoms with Gasteiger partial charge in [-0.15, -0.1) is 0 Å². The molecule has 0 amide bonds. The lowest BCUT2D eigenvalue weighted by molar-refractivity contribution is 0.520. The summed E-state index contributed by atoms with van der Waals surface area (Å²) in [5.41, 5.74) is 1.14. The van der Waals surface area contributed by atoms with Crippen molar-refractivity contribution in [2.45, 2.75) is 38.8 Å². The van der Waals surface area contributed by atoms with Gasteiger partial charge in [-0.3, -0.25) is 13.9 Å². The van der Waals surface area contributed by atoms with Crippen molar-refractivity contribution in [3.63, 3.8) is 0 Å². The van der Waals surface area contributed by atoms with Crippen LogP contribution in [0.5, 0.6) is 0 Å². The van der Waals surface area contributed by atoms with Crippen LogP contribution in [-0.4, -0.2) is 31.1 Å². The summed E-state index contributed by atoms with van der Waals surface area (Å²) in [6, 6.07) is 3.74. The van der Waals surface area contributed by atoms with Gasteiger partial charge in [0.1, 0.15) is 17.2 Å². The van der Waals surface area contributed by atoms with Gasteiger partial charge in [-0.05, 0) is 49.7 Å². The van der Waals surface area contributed by atoms with Gasteiger partial charge in [-0.25, -0.2) is 14.8 Å². The molecule has 2 saturated carbocycles. The molecule has 0 bridgehead atoms. The number of aromatic nitrogens is 5. The molecule has 0 atom stereocenters. The first kappa shape index (κ1) is 16.3. The Bertz CT molecular complexity index is 1120. The Balaban J connectivity index is 1.67. The first-order chi connectivity index (χ1) is 13.1. The number of anilines is 1. The fourth-order valence-corrected chi connectivity index (χ4v) is 3.43. The van der Waals surface area contributed by atoms with Gasteiger partial charge < -0.3 is 10.3 Å². The number of nitrogens with one attached hydrogen (secondary N) is 2. The van der Waals surface area contributed by atoms with Crippen LogP contribution in [0.15, 0.2) is 27.9 Å². The zero-order valence-electron chi connectivity index (χ0n) is 15.2. The molecule has 2 fully saturated rings. The van der Waals surface area contributed by atoms with Crippen LogP contribution < -0.4 is 16.6 Å². The van der Waals surface area contributed by atoms with Gasteiger partial charge in [0.05, 0.1) is 0 Å². The van der Waals surface area contributed by atoms with Crippen molar-refractivity contribution in [3.8, 4) is 11.4 Å². The summed E-state index contributed by atoms with van der Waals surface area (Å²) in [7, 11) is 1.81. The monoisotopic (exact) mass is 366 g/mol. The fourth-order valence-electron chi connectivity index (χ4n) is 3.43. The maximum Gasteiger partial charge on any atom is 0.332 e. The van der Waals surface area contributed by atoms with Gasteiger partial charge in [-0.2, -0.15) is 0 Å². The summed E-state index contributed by atoms with van der Waals surface area (Å²) >= 11 is 0. The summed E-state index contributed by atoms with van der Waals surface area (Å²) in [4.78, 5) is 38.0. The highest BCUT2D eigenvalue weighted by Gasteiger charge is 2.28. The number of pyridine rings is 1. The number of aromatic amines is 1. The molecule has 8 nitrogen and oxygen atoms in total. The van der Waals surface area contributed by atoms with Crippen molar-refractivity contribution in [3.05, 3.63) is 39.2 Å². The lowest BCUT2D eigenvalue weighted by Gasteiger charge is -2.10. The second kappa shape index (κ2) is 6.07. The molecule has 0 spiro atoms. The van der Waals surface area contributed by atoms with Crippen molar-refractivity contribution < 1.29 is 0 Å². The van der Waals surface area contributed by atoms with Gasteiger partial charge in [0.2, 0.25) is 0 Å². The molecule has 140 valence electrons. The van der Waals surface area contributed by atoms with E-state index in [1.54, 1.807) is 10.8 Å². The third-order valence-corrected chi connectivity index (χ3v) is 5.43. The normalized spacial score (nSPS) is 16.8. The van der Waals surface area contributed by atoms with E-state index in [9.17, 15) is 9.59 Å². The molecule has 0 saturated heterocycles. The van der Waals surface area contributed by atoms with Crippen LogP contribution in [0.3, 0.4) is 0 Å². The predicted molar refractivity (Wildman–Crippen MR) is 103 cm³/mol. The quantitative estimate of drug-likeness (QED) is 0.693. The Hall–Kier alpha value is -2.90. The molecule has 8 heteroatoms. The first-order valence-electron chi connectivity index (χ1n) is 9.51. The number of imidazole rings is 1. The van der Waals surface area contributed by atoms with Crippen LogP contribution in [0.4, 0.5) is 5.82 Å². The minimum atomic E-state index is -0.271. The average Bonchev–Trinajstić information content (AvgIpc) is 3.62. The lowest BCUT2D eigenvalue weighted by Crippen LogP contribution is -2.41. The minimum Gasteiger partial charge on any atom is -0.373 e. The fraction of sp³-hybridized carbons (Fsp3) is 0.474. The molecule has 0 aliphatic heterocycles. The van der Waals surface area contributed by atoms with E-state index in [-0.39, 0.29) is 11.2 Å². The lowest BCUT2D eigenvalue weighted by atomic mass is 10.3. The Kier molecular flexibility index (Phi) is 3.66. The molecule has 0 aromatic carbocycles. The van der Waals surface area contributed by atoms with Crippen LogP contribution in [0.1, 0.15) is 25.7 Å². The molecule has 27 heavy (non-hydrogen) atoms. The predicted octanol–water partition coefficient (Wildman–Crippen LogP) is 1.81. The van der Waals surface area contributed by atoms with Gasteiger partial charge in [-0.1, -0.05) is 0 Å². The van der Waals surface area contributed by atoms with Gasteiger partial charge >= 0.3 is 5.69 Å². The highest BCUT2D eigenvalue weighted by molar-refractivity contribution is 5.75. The van der Waals surface area contributed by atoms with Crippen LogP contribution in [0.25, 0.3) is 22.6 Å². The van der Waals surface area contributed by atoms with E-state index in [0.717, 1.165) is 37.1 Å². The summed E-state index contributed by atoms with van der Waals surface area (Å²) in [6.07, 6.45) is 6.13. The zero-order chi connectivity index (χ0) is 18.5. The Morgan fingerprint density at radius 1 is 1.11 bits per heavy atom. The molecule has 2 aliphatic carbocycles. The Morgan fingerprint density at radius 3 is 2.41 bits per heavy atom. The van der Waals surface area contributed by atoms with E-state index in [1.165, 1.54) is 4.57 Å². The maximum atomic E-state index is 13.0. The maximum absolute atomic E-state index is 13.0. The molecular weight excluding hydrogens is 344 g/mol. The smallest absolute Gasteiger partial charge is 0.332 e. The summed E-state index contributed by atoms with van der Waals surface area (Å²) in [5, 5.41) is 2.98. The molecule has 0 unspecified atom stereocenters. The number of hydrogen-bond donors (Lipinski definition) is 2. The van der Waals surface area contributed by atoms with Crippen LogP contribution >= 0.6 is 0 Å². The Morgan fingerprint density at radius 2 is 1.81 bits per heavy atom. The molecule has 3 aromatic rings. The van der Waals surface area contributed by atoms with Gasteiger partial charge in [0, 0.05) is 31.9 Å². The summed E-state index contributed by atoms with van der Waals surface area (Å²) in [5.74, 6) is 2.27. The molecule has 3 heterocycles. The third-order valence-electron chi connectivity index (χ3n) is 5.43. The number of H-pyrrole nitrogens is 1. The molecule has 5 rings (SSSR count). The molecular formula is C19H22N6O2. The molecule has 3 aromatic heterocycles. The van der Waals surface area contributed by atoms with Crippen molar-refractivity contribution in [2.75, 3.05) is 12.4 Å². The topological polar surface area (TPSA) is 97.6 Å². The van der Waals surface area contributed by atoms with Crippen molar-refractivity contribution in [2.24, 2.45) is 11.8 Å². The van der Waals surface area contributed by atoms with Crippen LogP contribution in [0, 0.1) is 11.8 Å². The molecule has 2 N–H and O–H groups in total. The largest absolute Gasteiger partial charge is 0.373 e. The van der Waals surface area contributed by atoms with Crippen LogP contribution in [-0.2, 0) is 13.1 Å². The average molecular weight is 366 g/mol. The minimum absolute atomic E-state index is 0.229. The highest BCUT2D eigenvalue weighted by atomic mass is 16.2. The summed E-state index contributed by atoms with van der Waals surface area (Å²) in [6.45, 7) is 1.13. The first-order valence-corrected chi connectivity index (χ1v) is 9.51. The van der Waals surface area contributed by atoms with E-state index in [2.05, 4.69) is 20.3 Å². The van der Waals surface area contributed by atoms with Crippen molar-refractivity contribution in [1.29, 1.82) is 0 Å². The standard InChI is InChI=1S/C19H22N6O2/c1-20-14-7-6-13(8-21-14)16-22-15-17(23-16)24(9-11-2-3-11)19(27)25(18(15)26)10-12-4-5-12/h6-8,11-12H,2-5,9-10H2,1H3,(H,20,21)(H,22,23). The van der Waals surface area contributed by atoms with E-state index in [0.29, 0.717) is 41.9 Å². The number of hydrogen-bond acceptors (Lipinski definition) is 5. The number of fused-ring (bicyclic) bond motifs is 1. The second-order valence-electron chi connectivity index (χ2n) is 7.66. The SMILES string of the molecule is CNc1ccc(-c2nc3c([nH]2)c(=O)n(CC2CC2)c(=O)n3CC2CC2)cn1. The molecule has 2 aliphatic rings. The van der Waals surface area contributed by atoms with Crippen LogP contribution in [0.2, 0.25) is 0 Å². The van der Waals surface area contributed by atoms with E-state index < -0.39 is 0 Å². The highest BCUT2D eigenvalue weighted by Crippen LogP contribution is 2.32. The van der Waals surface area contributed by atoms with E-state index in [1.807, 2.05) is 19.2 Å². The van der Waals surface area contributed by atoms with Crippen molar-refractivity contribution in [1.82, 2.24) is 24.1 Å². The summed E-state index contributed by atoms with van der Waals surface area (Å²) < 4.78 is 3.08.